The maximum Gasteiger partial charge on any atom is 0.360 e. The number of hydrogen-bond donors (Lipinski definition) is 1. The Morgan fingerprint density at radius 2 is 2.62 bits per heavy atom. The zero-order valence-corrected chi connectivity index (χ0v) is 10.7. The van der Waals surface area contributed by atoms with E-state index in [0.717, 1.165) is 17.2 Å². The molecule has 88 valence electrons. The standard InChI is InChI=1S/C10H14N2O2S2/c1-2-14-10(13)8-9(16-6-11-8)12-7-3-4-15-5-7/h6-7,12H,2-5H2,1H3. The van der Waals surface area contributed by atoms with Crippen LogP contribution < -0.4 is 5.32 Å². The third-order valence-corrected chi connectivity index (χ3v) is 4.22. The van der Waals surface area contributed by atoms with Crippen LogP contribution in [0.15, 0.2) is 5.51 Å². The predicted molar refractivity (Wildman–Crippen MR) is 67.4 cm³/mol. The number of carbonyl (C=O) groups excluding carboxylic acids is 1. The molecule has 0 aliphatic carbocycles. The van der Waals surface area contributed by atoms with Crippen LogP contribution in [0.1, 0.15) is 23.8 Å². The first-order valence-corrected chi connectivity index (χ1v) is 7.29. The number of nitrogens with one attached hydrogen (secondary N) is 1. The second kappa shape index (κ2) is 5.54. The molecular formula is C10H14N2O2S2. The molecule has 0 amide bonds. The van der Waals surface area contributed by atoms with Gasteiger partial charge in [0.15, 0.2) is 5.69 Å². The minimum atomic E-state index is -0.336. The molecule has 16 heavy (non-hydrogen) atoms. The van der Waals surface area contributed by atoms with Crippen molar-refractivity contribution in [2.24, 2.45) is 0 Å². The third kappa shape index (κ3) is 2.68. The highest BCUT2D eigenvalue weighted by Crippen LogP contribution is 2.26. The summed E-state index contributed by atoms with van der Waals surface area (Å²) in [6, 6.07) is 0.457. The lowest BCUT2D eigenvalue weighted by atomic mass is 10.2. The van der Waals surface area contributed by atoms with Gasteiger partial charge < -0.3 is 10.1 Å². The number of ether oxygens (including phenoxy) is 1. The van der Waals surface area contributed by atoms with Crippen molar-refractivity contribution in [3.8, 4) is 0 Å². The first kappa shape index (κ1) is 11.7. The molecule has 6 heteroatoms. The molecule has 2 heterocycles. The van der Waals surface area contributed by atoms with Crippen LogP contribution >= 0.6 is 23.1 Å². The number of thiazole rings is 1. The lowest BCUT2D eigenvalue weighted by Gasteiger charge is -2.11. The molecule has 0 aromatic carbocycles. The summed E-state index contributed by atoms with van der Waals surface area (Å²) in [4.78, 5) is 15.6. The Bertz CT molecular complexity index is 361. The quantitative estimate of drug-likeness (QED) is 0.839. The molecule has 1 aromatic rings. The fourth-order valence-corrected chi connectivity index (χ4v) is 3.43. The van der Waals surface area contributed by atoms with Gasteiger partial charge in [0.05, 0.1) is 12.1 Å². The molecule has 0 saturated carbocycles. The Kier molecular flexibility index (Phi) is 4.06. The van der Waals surface area contributed by atoms with Crippen molar-refractivity contribution < 1.29 is 9.53 Å². The minimum absolute atomic E-state index is 0.336. The van der Waals surface area contributed by atoms with Crippen molar-refractivity contribution in [3.05, 3.63) is 11.2 Å². The van der Waals surface area contributed by atoms with Crippen LogP contribution in [0.5, 0.6) is 0 Å². The van der Waals surface area contributed by atoms with Gasteiger partial charge in [-0.25, -0.2) is 9.78 Å². The Labute approximate surface area is 103 Å². The number of aromatic nitrogens is 1. The summed E-state index contributed by atoms with van der Waals surface area (Å²) in [6.45, 7) is 2.18. The van der Waals surface area contributed by atoms with Gasteiger partial charge in [0.1, 0.15) is 5.00 Å². The summed E-state index contributed by atoms with van der Waals surface area (Å²) in [5.74, 6) is 1.95. The zero-order chi connectivity index (χ0) is 11.4. The molecule has 0 bridgehead atoms. The molecule has 0 spiro atoms. The molecule has 0 radical (unpaired) electrons. The van der Waals surface area contributed by atoms with E-state index >= 15 is 0 Å². The van der Waals surface area contributed by atoms with Gasteiger partial charge in [-0.1, -0.05) is 0 Å². The third-order valence-electron chi connectivity index (χ3n) is 2.30. The molecule has 1 aromatic heterocycles. The first-order chi connectivity index (χ1) is 7.81. The summed E-state index contributed by atoms with van der Waals surface area (Å²) in [5.41, 5.74) is 2.10. The van der Waals surface area contributed by atoms with Gasteiger partial charge >= 0.3 is 5.97 Å². The van der Waals surface area contributed by atoms with Gasteiger partial charge in [-0.3, -0.25) is 0 Å². The van der Waals surface area contributed by atoms with Crippen molar-refractivity contribution in [2.45, 2.75) is 19.4 Å². The van der Waals surface area contributed by atoms with Gasteiger partial charge in [-0.2, -0.15) is 11.8 Å². The summed E-state index contributed by atoms with van der Waals surface area (Å²) >= 11 is 3.39. The highest BCUT2D eigenvalue weighted by atomic mass is 32.2. The van der Waals surface area contributed by atoms with E-state index < -0.39 is 0 Å². The zero-order valence-electron chi connectivity index (χ0n) is 9.06. The smallest absolute Gasteiger partial charge is 0.360 e. The summed E-state index contributed by atoms with van der Waals surface area (Å²) in [5, 5.41) is 4.20. The normalized spacial score (nSPS) is 19.7. The first-order valence-electron chi connectivity index (χ1n) is 5.26. The van der Waals surface area contributed by atoms with Crippen molar-refractivity contribution in [3.63, 3.8) is 0 Å². The van der Waals surface area contributed by atoms with Gasteiger partial charge in [0.2, 0.25) is 0 Å². The van der Waals surface area contributed by atoms with Crippen molar-refractivity contribution in [2.75, 3.05) is 23.4 Å². The van der Waals surface area contributed by atoms with Crippen LogP contribution in [-0.2, 0) is 4.74 Å². The number of hydrogen-bond acceptors (Lipinski definition) is 6. The molecule has 2 rings (SSSR count). The van der Waals surface area contributed by atoms with Gasteiger partial charge in [0, 0.05) is 11.8 Å². The number of anilines is 1. The van der Waals surface area contributed by atoms with Crippen molar-refractivity contribution in [1.82, 2.24) is 4.98 Å². The summed E-state index contributed by atoms with van der Waals surface area (Å²) in [6.07, 6.45) is 1.14. The second-order valence-electron chi connectivity index (χ2n) is 3.46. The van der Waals surface area contributed by atoms with Crippen molar-refractivity contribution in [1.29, 1.82) is 0 Å². The number of esters is 1. The highest BCUT2D eigenvalue weighted by Gasteiger charge is 2.21. The van der Waals surface area contributed by atoms with Crippen molar-refractivity contribution >= 4 is 34.1 Å². The summed E-state index contributed by atoms with van der Waals surface area (Å²) < 4.78 is 4.95. The molecule has 1 unspecified atom stereocenters. The van der Waals surface area contributed by atoms with E-state index in [1.165, 1.54) is 17.1 Å². The van der Waals surface area contributed by atoms with E-state index in [0.29, 0.717) is 18.3 Å². The predicted octanol–water partition coefficient (Wildman–Crippen LogP) is 2.24. The van der Waals surface area contributed by atoms with Crippen LogP contribution in [0.2, 0.25) is 0 Å². The van der Waals surface area contributed by atoms with E-state index in [1.54, 1.807) is 12.4 Å². The molecule has 1 atom stereocenters. The van der Waals surface area contributed by atoms with E-state index in [2.05, 4.69) is 10.3 Å². The average molecular weight is 258 g/mol. The topological polar surface area (TPSA) is 51.2 Å². The Balaban J connectivity index is 2.03. The van der Waals surface area contributed by atoms with Gasteiger partial charge in [-0.05, 0) is 19.1 Å². The minimum Gasteiger partial charge on any atom is -0.461 e. The fraction of sp³-hybridized carbons (Fsp3) is 0.600. The molecule has 1 aliphatic rings. The number of rotatable bonds is 4. The monoisotopic (exact) mass is 258 g/mol. The van der Waals surface area contributed by atoms with E-state index in [-0.39, 0.29) is 5.97 Å². The lowest BCUT2D eigenvalue weighted by Crippen LogP contribution is -2.19. The van der Waals surface area contributed by atoms with Crippen LogP contribution in [0.3, 0.4) is 0 Å². The Morgan fingerprint density at radius 3 is 3.31 bits per heavy atom. The van der Waals surface area contributed by atoms with E-state index in [1.807, 2.05) is 11.8 Å². The lowest BCUT2D eigenvalue weighted by molar-refractivity contribution is 0.0521. The van der Waals surface area contributed by atoms with Gasteiger partial charge in [0.25, 0.3) is 0 Å². The average Bonchev–Trinajstić information content (AvgIpc) is 2.90. The van der Waals surface area contributed by atoms with E-state index in [4.69, 9.17) is 4.74 Å². The molecule has 4 nitrogen and oxygen atoms in total. The van der Waals surface area contributed by atoms with Crippen LogP contribution in [0, 0.1) is 0 Å². The maximum absolute atomic E-state index is 11.6. The van der Waals surface area contributed by atoms with Crippen LogP contribution in [0.25, 0.3) is 0 Å². The number of carbonyl (C=O) groups is 1. The maximum atomic E-state index is 11.6. The molecule has 1 aliphatic heterocycles. The van der Waals surface area contributed by atoms with Gasteiger partial charge in [-0.15, -0.1) is 11.3 Å². The number of thioether (sulfide) groups is 1. The summed E-state index contributed by atoms with van der Waals surface area (Å²) in [7, 11) is 0. The molecule has 1 saturated heterocycles. The van der Waals surface area contributed by atoms with Crippen LogP contribution in [-0.4, -0.2) is 35.1 Å². The molecular weight excluding hydrogens is 244 g/mol. The largest absolute Gasteiger partial charge is 0.461 e. The fourth-order valence-electron chi connectivity index (χ4n) is 1.53. The molecule has 1 N–H and O–H groups in total. The SMILES string of the molecule is CCOC(=O)c1ncsc1NC1CCSC1. The Morgan fingerprint density at radius 1 is 1.75 bits per heavy atom. The highest BCUT2D eigenvalue weighted by molar-refractivity contribution is 7.99. The van der Waals surface area contributed by atoms with E-state index in [9.17, 15) is 4.79 Å². The van der Waals surface area contributed by atoms with Crippen LogP contribution in [0.4, 0.5) is 5.00 Å². The molecule has 1 fully saturated rings. The number of nitrogens with zero attached hydrogens (tertiary/aromatic N) is 1. The Hall–Kier alpha value is -0.750. The second-order valence-corrected chi connectivity index (χ2v) is 5.46.